The molecule has 0 unspecified atom stereocenters. The van der Waals surface area contributed by atoms with Crippen LogP contribution in [0.2, 0.25) is 0 Å². The number of amides is 1. The minimum absolute atomic E-state index is 0.0531. The molecule has 0 bridgehead atoms. The van der Waals surface area contributed by atoms with Crippen molar-refractivity contribution in [2.75, 3.05) is 13.1 Å². The van der Waals surface area contributed by atoms with E-state index in [1.54, 1.807) is 4.90 Å². The Morgan fingerprint density at radius 3 is 2.24 bits per heavy atom. The second-order valence-corrected chi connectivity index (χ2v) is 8.64. The van der Waals surface area contributed by atoms with E-state index in [1.807, 2.05) is 61.5 Å². The van der Waals surface area contributed by atoms with Crippen LogP contribution < -0.4 is 0 Å². The summed E-state index contributed by atoms with van der Waals surface area (Å²) in [7, 11) is 0. The molecule has 2 aromatic rings. The van der Waals surface area contributed by atoms with Gasteiger partial charge in [-0.2, -0.15) is 0 Å². The molecular weight excluding hydrogens is 378 g/mol. The van der Waals surface area contributed by atoms with E-state index >= 15 is 0 Å². The maximum atomic E-state index is 13.6. The molecule has 0 atom stereocenters. The van der Waals surface area contributed by atoms with Gasteiger partial charge in [0.25, 0.3) is 5.91 Å². The van der Waals surface area contributed by atoms with Crippen LogP contribution in [0.4, 0.5) is 0 Å². The van der Waals surface area contributed by atoms with Crippen LogP contribution in [-0.2, 0) is 0 Å². The molecule has 0 aliphatic carbocycles. The highest BCUT2D eigenvalue weighted by molar-refractivity contribution is 7.82. The number of benzene rings is 2. The van der Waals surface area contributed by atoms with Gasteiger partial charge in [-0.05, 0) is 32.9 Å². The first-order chi connectivity index (χ1) is 13.9. The molecule has 0 N–H and O–H groups in total. The Morgan fingerprint density at radius 2 is 1.66 bits per heavy atom. The number of rotatable bonds is 3. The summed E-state index contributed by atoms with van der Waals surface area (Å²) in [4.78, 5) is 23.5. The molecular formula is C24H27N3OS. The van der Waals surface area contributed by atoms with Gasteiger partial charge in [-0.15, -0.1) is 0 Å². The van der Waals surface area contributed by atoms with Crippen molar-refractivity contribution < 1.29 is 4.79 Å². The second-order valence-electron chi connectivity index (χ2n) is 8.25. The molecule has 5 heteroatoms. The first-order valence-corrected chi connectivity index (χ1v) is 10.7. The van der Waals surface area contributed by atoms with Crippen LogP contribution in [-0.4, -0.2) is 51.2 Å². The van der Waals surface area contributed by atoms with E-state index < -0.39 is 5.66 Å². The number of piperidine rings is 1. The molecule has 0 aromatic heterocycles. The number of aryl methyl sites for hydroxylation is 1. The average Bonchev–Trinajstić information content (AvgIpc) is 3.01. The molecule has 2 aromatic carbocycles. The van der Waals surface area contributed by atoms with E-state index in [0.717, 1.165) is 42.8 Å². The third-order valence-corrected chi connectivity index (χ3v) is 6.40. The average molecular weight is 406 g/mol. The molecule has 1 spiro atoms. The molecule has 4 nitrogen and oxygen atoms in total. The van der Waals surface area contributed by atoms with Crippen LogP contribution in [0.5, 0.6) is 0 Å². The number of aliphatic imine (C=N–C) groups is 1. The van der Waals surface area contributed by atoms with Gasteiger partial charge in [0.15, 0.2) is 0 Å². The van der Waals surface area contributed by atoms with Crippen LogP contribution in [0.1, 0.15) is 48.2 Å². The highest BCUT2D eigenvalue weighted by atomic mass is 32.1. The molecule has 2 aliphatic heterocycles. The number of carbonyl (C=O) groups excluding carboxylic acids is 1. The SMILES string of the molecule is Cc1ccc(C(=O)N2C(=S)C(c3ccccc3)=NC23CCN(C(C)C)CC3)cc1. The highest BCUT2D eigenvalue weighted by Crippen LogP contribution is 2.38. The van der Waals surface area contributed by atoms with Gasteiger partial charge in [-0.25, -0.2) is 0 Å². The smallest absolute Gasteiger partial charge is 0.260 e. The molecule has 0 radical (unpaired) electrons. The predicted octanol–water partition coefficient (Wildman–Crippen LogP) is 4.47. The third kappa shape index (κ3) is 3.65. The zero-order chi connectivity index (χ0) is 20.6. The molecule has 1 saturated heterocycles. The summed E-state index contributed by atoms with van der Waals surface area (Å²) in [6, 6.07) is 18.2. The van der Waals surface area contributed by atoms with E-state index in [4.69, 9.17) is 17.2 Å². The molecule has 0 saturated carbocycles. The van der Waals surface area contributed by atoms with Crippen molar-refractivity contribution in [3.05, 3.63) is 71.3 Å². The van der Waals surface area contributed by atoms with Crippen molar-refractivity contribution in [1.82, 2.24) is 9.80 Å². The number of likely N-dealkylation sites (tertiary alicyclic amines) is 1. The van der Waals surface area contributed by atoms with Gasteiger partial charge in [0.05, 0.1) is 0 Å². The molecule has 4 rings (SSSR count). The van der Waals surface area contributed by atoms with Crippen molar-refractivity contribution in [2.45, 2.75) is 45.3 Å². The van der Waals surface area contributed by atoms with E-state index in [1.165, 1.54) is 0 Å². The van der Waals surface area contributed by atoms with E-state index in [9.17, 15) is 4.79 Å². The number of nitrogens with zero attached hydrogens (tertiary/aromatic N) is 3. The van der Waals surface area contributed by atoms with Gasteiger partial charge in [-0.3, -0.25) is 14.7 Å². The fraction of sp³-hybridized carbons (Fsp3) is 0.375. The molecule has 2 heterocycles. The standard InChI is InChI=1S/C24H27N3OS/c1-17(2)26-15-13-24(14-16-26)25-21(19-7-5-4-6-8-19)23(29)27(24)22(28)20-11-9-18(3)10-12-20/h4-12,17H,13-16H2,1-3H3. The van der Waals surface area contributed by atoms with Crippen molar-refractivity contribution in [1.29, 1.82) is 0 Å². The molecule has 150 valence electrons. The zero-order valence-electron chi connectivity index (χ0n) is 17.3. The number of thiocarbonyl (C=S) groups is 1. The predicted molar refractivity (Wildman–Crippen MR) is 122 cm³/mol. The lowest BCUT2D eigenvalue weighted by atomic mass is 9.94. The summed E-state index contributed by atoms with van der Waals surface area (Å²) in [6.07, 6.45) is 1.58. The minimum Gasteiger partial charge on any atom is -0.301 e. The van der Waals surface area contributed by atoms with E-state index in [2.05, 4.69) is 18.7 Å². The molecule has 29 heavy (non-hydrogen) atoms. The van der Waals surface area contributed by atoms with Gasteiger partial charge in [0, 0.05) is 43.1 Å². The first kappa shape index (κ1) is 19.9. The summed E-state index contributed by atoms with van der Waals surface area (Å²) in [5.41, 5.74) is 2.94. The highest BCUT2D eigenvalue weighted by Gasteiger charge is 2.50. The Kier molecular flexibility index (Phi) is 5.36. The number of hydrogen-bond acceptors (Lipinski definition) is 4. The van der Waals surface area contributed by atoms with Crippen LogP contribution in [0, 0.1) is 6.92 Å². The van der Waals surface area contributed by atoms with E-state index in [-0.39, 0.29) is 5.91 Å². The van der Waals surface area contributed by atoms with Crippen molar-refractivity contribution in [2.24, 2.45) is 4.99 Å². The van der Waals surface area contributed by atoms with Crippen LogP contribution in [0.15, 0.2) is 59.6 Å². The Hall–Kier alpha value is -2.37. The normalized spacial score (nSPS) is 19.1. The minimum atomic E-state index is -0.588. The lowest BCUT2D eigenvalue weighted by Crippen LogP contribution is -2.56. The van der Waals surface area contributed by atoms with Gasteiger partial charge in [-0.1, -0.05) is 60.2 Å². The van der Waals surface area contributed by atoms with Gasteiger partial charge in [0.1, 0.15) is 16.4 Å². The summed E-state index contributed by atoms with van der Waals surface area (Å²) in [6.45, 7) is 8.26. The van der Waals surface area contributed by atoms with E-state index in [0.29, 0.717) is 16.6 Å². The zero-order valence-corrected chi connectivity index (χ0v) is 18.1. The number of carbonyl (C=O) groups is 1. The van der Waals surface area contributed by atoms with Crippen molar-refractivity contribution in [3.8, 4) is 0 Å². The molecule has 1 amide bonds. The van der Waals surface area contributed by atoms with Crippen LogP contribution >= 0.6 is 12.2 Å². The topological polar surface area (TPSA) is 35.9 Å². The Balaban J connectivity index is 1.73. The fourth-order valence-corrected chi connectivity index (χ4v) is 4.64. The van der Waals surface area contributed by atoms with Crippen molar-refractivity contribution in [3.63, 3.8) is 0 Å². The lowest BCUT2D eigenvalue weighted by Gasteiger charge is -2.43. The van der Waals surface area contributed by atoms with Gasteiger partial charge >= 0.3 is 0 Å². The third-order valence-electron chi connectivity index (χ3n) is 6.02. The Bertz CT molecular complexity index is 942. The van der Waals surface area contributed by atoms with Crippen molar-refractivity contribution >= 4 is 28.8 Å². The maximum Gasteiger partial charge on any atom is 0.260 e. The summed E-state index contributed by atoms with van der Waals surface area (Å²) < 4.78 is 0. The molecule has 1 fully saturated rings. The maximum absolute atomic E-state index is 13.6. The molecule has 2 aliphatic rings. The van der Waals surface area contributed by atoms with Crippen LogP contribution in [0.25, 0.3) is 0 Å². The van der Waals surface area contributed by atoms with Crippen LogP contribution in [0.3, 0.4) is 0 Å². The second kappa shape index (κ2) is 7.81. The lowest BCUT2D eigenvalue weighted by molar-refractivity contribution is 0.0482. The summed E-state index contributed by atoms with van der Waals surface area (Å²) in [5, 5.41) is 0. The Labute approximate surface area is 178 Å². The summed E-state index contributed by atoms with van der Waals surface area (Å²) >= 11 is 5.84. The first-order valence-electron chi connectivity index (χ1n) is 10.3. The number of hydrogen-bond donors (Lipinski definition) is 0. The fourth-order valence-electron chi connectivity index (χ4n) is 4.23. The van der Waals surface area contributed by atoms with Gasteiger partial charge in [0.2, 0.25) is 0 Å². The quantitative estimate of drug-likeness (QED) is 0.707. The monoisotopic (exact) mass is 405 g/mol. The largest absolute Gasteiger partial charge is 0.301 e. The van der Waals surface area contributed by atoms with Gasteiger partial charge < -0.3 is 4.90 Å². The Morgan fingerprint density at radius 1 is 1.03 bits per heavy atom. The summed E-state index contributed by atoms with van der Waals surface area (Å²) in [5.74, 6) is -0.0531.